The van der Waals surface area contributed by atoms with Crippen molar-refractivity contribution in [3.63, 3.8) is 0 Å². The van der Waals surface area contributed by atoms with Gasteiger partial charge in [0.1, 0.15) is 0 Å². The van der Waals surface area contributed by atoms with Gasteiger partial charge < -0.3 is 19.4 Å². The lowest BCUT2D eigenvalue weighted by Gasteiger charge is -2.14. The zero-order chi connectivity index (χ0) is 20.3. The Balaban J connectivity index is 2.16. The van der Waals surface area contributed by atoms with E-state index in [4.69, 9.17) is 9.47 Å². The molecule has 0 aliphatic carbocycles. The summed E-state index contributed by atoms with van der Waals surface area (Å²) in [7, 11) is 5.08. The third-order valence-electron chi connectivity index (χ3n) is 4.35. The van der Waals surface area contributed by atoms with Gasteiger partial charge in [-0.25, -0.2) is 9.59 Å². The maximum Gasteiger partial charge on any atom is 0.339 e. The number of aryl methyl sites for hydroxylation is 1. The molecular formula is C20H24N2O5. The number of ketones is 1. The molecule has 2 aromatic rings. The molecule has 0 saturated heterocycles. The van der Waals surface area contributed by atoms with Crippen LogP contribution >= 0.6 is 0 Å². The molecule has 0 saturated carbocycles. The Morgan fingerprint density at radius 1 is 1.04 bits per heavy atom. The van der Waals surface area contributed by atoms with E-state index in [9.17, 15) is 14.4 Å². The maximum atomic E-state index is 12.7. The molecule has 0 fully saturated rings. The Hall–Kier alpha value is -3.09. The van der Waals surface area contributed by atoms with Crippen molar-refractivity contribution in [1.82, 2.24) is 4.98 Å². The minimum atomic E-state index is -1.01. The first kappa shape index (κ1) is 20.2. The Kier molecular flexibility index (Phi) is 6.05. The van der Waals surface area contributed by atoms with Crippen LogP contribution in [0.2, 0.25) is 0 Å². The standard InChI is InChI=1S/C20H24N2O5/c1-11-16(20(25)26-6)12(2)21-17(11)18(23)13(3)27-19(24)14-7-9-15(10-8-14)22(4)5/h7-10,13,21H,1-6H3. The van der Waals surface area contributed by atoms with Crippen LogP contribution in [-0.4, -0.2) is 50.0 Å². The van der Waals surface area contributed by atoms with Crippen molar-refractivity contribution < 1.29 is 23.9 Å². The highest BCUT2D eigenvalue weighted by atomic mass is 16.5. The van der Waals surface area contributed by atoms with Crippen LogP contribution in [0, 0.1) is 13.8 Å². The number of carbonyl (C=O) groups excluding carboxylic acids is 3. The smallest absolute Gasteiger partial charge is 0.339 e. The predicted molar refractivity (Wildman–Crippen MR) is 102 cm³/mol. The fourth-order valence-corrected chi connectivity index (χ4v) is 2.79. The second-order valence-electron chi connectivity index (χ2n) is 6.47. The monoisotopic (exact) mass is 372 g/mol. The van der Waals surface area contributed by atoms with E-state index >= 15 is 0 Å². The molecule has 0 aliphatic heterocycles. The fraction of sp³-hybridized carbons (Fsp3) is 0.350. The summed E-state index contributed by atoms with van der Waals surface area (Å²) >= 11 is 0. The van der Waals surface area contributed by atoms with E-state index in [-0.39, 0.29) is 5.69 Å². The Morgan fingerprint density at radius 3 is 2.15 bits per heavy atom. The first-order valence-corrected chi connectivity index (χ1v) is 8.47. The number of anilines is 1. The normalized spacial score (nSPS) is 11.6. The number of hydrogen-bond acceptors (Lipinski definition) is 6. The quantitative estimate of drug-likeness (QED) is 0.620. The summed E-state index contributed by atoms with van der Waals surface area (Å²) in [5.41, 5.74) is 2.86. The summed E-state index contributed by atoms with van der Waals surface area (Å²) in [4.78, 5) is 41.7. The van der Waals surface area contributed by atoms with Crippen molar-refractivity contribution in [2.75, 3.05) is 26.1 Å². The Labute approximate surface area is 158 Å². The molecule has 1 aromatic heterocycles. The number of esters is 2. The summed E-state index contributed by atoms with van der Waals surface area (Å²) in [6.07, 6.45) is -1.01. The highest BCUT2D eigenvalue weighted by Gasteiger charge is 2.27. The number of hydrogen-bond donors (Lipinski definition) is 1. The van der Waals surface area contributed by atoms with E-state index in [1.807, 2.05) is 19.0 Å². The number of nitrogens with one attached hydrogen (secondary N) is 1. The molecule has 7 heteroatoms. The summed E-state index contributed by atoms with van der Waals surface area (Å²) in [5.74, 6) is -1.52. The Bertz CT molecular complexity index is 865. The van der Waals surface area contributed by atoms with Gasteiger partial charge in [-0.1, -0.05) is 0 Å². The van der Waals surface area contributed by atoms with Gasteiger partial charge in [-0.15, -0.1) is 0 Å². The molecule has 0 bridgehead atoms. The van der Waals surface area contributed by atoms with Gasteiger partial charge in [-0.2, -0.15) is 0 Å². The average molecular weight is 372 g/mol. The molecule has 0 radical (unpaired) electrons. The lowest BCUT2D eigenvalue weighted by Crippen LogP contribution is -2.25. The summed E-state index contributed by atoms with van der Waals surface area (Å²) in [6, 6.07) is 6.89. The van der Waals surface area contributed by atoms with E-state index in [0.29, 0.717) is 22.4 Å². The fourth-order valence-electron chi connectivity index (χ4n) is 2.79. The number of aromatic amines is 1. The minimum absolute atomic E-state index is 0.233. The van der Waals surface area contributed by atoms with Crippen LogP contribution in [-0.2, 0) is 9.47 Å². The van der Waals surface area contributed by atoms with Gasteiger partial charge in [0.05, 0.1) is 23.9 Å². The summed E-state index contributed by atoms with van der Waals surface area (Å²) in [6.45, 7) is 4.83. The third-order valence-corrected chi connectivity index (χ3v) is 4.35. The van der Waals surface area contributed by atoms with Crippen LogP contribution in [0.5, 0.6) is 0 Å². The molecule has 1 atom stereocenters. The molecule has 7 nitrogen and oxygen atoms in total. The number of aromatic nitrogens is 1. The van der Waals surface area contributed by atoms with E-state index < -0.39 is 23.8 Å². The molecule has 1 heterocycles. The van der Waals surface area contributed by atoms with Gasteiger partial charge in [-0.3, -0.25) is 4.79 Å². The van der Waals surface area contributed by atoms with Crippen molar-refractivity contribution in [2.24, 2.45) is 0 Å². The topological polar surface area (TPSA) is 88.7 Å². The second-order valence-corrected chi connectivity index (χ2v) is 6.47. The lowest BCUT2D eigenvalue weighted by molar-refractivity contribution is 0.0316. The van der Waals surface area contributed by atoms with Crippen LogP contribution < -0.4 is 4.90 Å². The number of carbonyl (C=O) groups is 3. The van der Waals surface area contributed by atoms with Crippen molar-refractivity contribution >= 4 is 23.4 Å². The molecule has 1 unspecified atom stereocenters. The van der Waals surface area contributed by atoms with Gasteiger partial charge in [0.15, 0.2) is 6.10 Å². The highest BCUT2D eigenvalue weighted by Crippen LogP contribution is 2.21. The SMILES string of the molecule is COC(=O)c1c(C)[nH]c(C(=O)C(C)OC(=O)c2ccc(N(C)C)cc2)c1C. The minimum Gasteiger partial charge on any atom is -0.465 e. The number of methoxy groups -OCH3 is 1. The number of H-pyrrole nitrogens is 1. The van der Waals surface area contributed by atoms with Crippen molar-refractivity contribution in [2.45, 2.75) is 26.9 Å². The molecular weight excluding hydrogens is 348 g/mol. The summed E-state index contributed by atoms with van der Waals surface area (Å²) in [5, 5.41) is 0. The van der Waals surface area contributed by atoms with Crippen LogP contribution in [0.4, 0.5) is 5.69 Å². The van der Waals surface area contributed by atoms with Crippen LogP contribution in [0.15, 0.2) is 24.3 Å². The largest absolute Gasteiger partial charge is 0.465 e. The van der Waals surface area contributed by atoms with E-state index in [1.165, 1.54) is 14.0 Å². The Morgan fingerprint density at radius 2 is 1.63 bits per heavy atom. The maximum absolute atomic E-state index is 12.7. The number of Topliss-reactive ketones (excluding diaryl/α,β-unsaturated/α-hetero) is 1. The van der Waals surface area contributed by atoms with Gasteiger partial charge in [0.25, 0.3) is 0 Å². The number of rotatable bonds is 6. The molecule has 1 aromatic carbocycles. The molecule has 0 spiro atoms. The molecule has 0 amide bonds. The van der Waals surface area contributed by atoms with Crippen molar-refractivity contribution in [3.05, 3.63) is 52.3 Å². The highest BCUT2D eigenvalue weighted by molar-refractivity contribution is 6.04. The van der Waals surface area contributed by atoms with Crippen LogP contribution in [0.25, 0.3) is 0 Å². The van der Waals surface area contributed by atoms with Crippen LogP contribution in [0.3, 0.4) is 0 Å². The number of ether oxygens (including phenoxy) is 2. The van der Waals surface area contributed by atoms with Gasteiger partial charge in [0.2, 0.25) is 5.78 Å². The molecule has 0 aliphatic rings. The first-order valence-electron chi connectivity index (χ1n) is 8.47. The van der Waals surface area contributed by atoms with Crippen LogP contribution in [0.1, 0.15) is 49.4 Å². The molecule has 2 rings (SSSR count). The lowest BCUT2D eigenvalue weighted by atomic mass is 10.1. The second kappa shape index (κ2) is 8.07. The van der Waals surface area contributed by atoms with E-state index in [2.05, 4.69) is 4.98 Å². The molecule has 27 heavy (non-hydrogen) atoms. The summed E-state index contributed by atoms with van der Waals surface area (Å²) < 4.78 is 10.0. The number of nitrogens with zero attached hydrogens (tertiary/aromatic N) is 1. The molecule has 1 N–H and O–H groups in total. The van der Waals surface area contributed by atoms with Gasteiger partial charge >= 0.3 is 11.9 Å². The zero-order valence-corrected chi connectivity index (χ0v) is 16.4. The predicted octanol–water partition coefficient (Wildman–Crippen LogP) is 2.91. The van der Waals surface area contributed by atoms with E-state index in [1.54, 1.807) is 38.1 Å². The zero-order valence-electron chi connectivity index (χ0n) is 16.4. The third kappa shape index (κ3) is 4.19. The first-order chi connectivity index (χ1) is 12.7. The number of benzene rings is 1. The molecule has 144 valence electrons. The average Bonchev–Trinajstić information content (AvgIpc) is 2.94. The van der Waals surface area contributed by atoms with Crippen molar-refractivity contribution in [1.29, 1.82) is 0 Å². The van der Waals surface area contributed by atoms with Crippen molar-refractivity contribution in [3.8, 4) is 0 Å². The van der Waals surface area contributed by atoms with Gasteiger partial charge in [0, 0.05) is 25.5 Å². The van der Waals surface area contributed by atoms with Gasteiger partial charge in [-0.05, 0) is 50.6 Å². The van der Waals surface area contributed by atoms with E-state index in [0.717, 1.165) is 5.69 Å².